The number of hydrogen-bond donors (Lipinski definition) is 0. The zero-order valence-corrected chi connectivity index (χ0v) is 15.1. The van der Waals surface area contributed by atoms with Crippen molar-refractivity contribution in [1.29, 1.82) is 0 Å². The van der Waals surface area contributed by atoms with Gasteiger partial charge in [0.25, 0.3) is 0 Å². The maximum Gasteiger partial charge on any atom is 0.409 e. The number of amides is 1. The van der Waals surface area contributed by atoms with Crippen LogP contribution < -0.4 is 0 Å². The minimum atomic E-state index is -0.264. The van der Waals surface area contributed by atoms with Crippen molar-refractivity contribution in [2.45, 2.75) is 26.2 Å². The summed E-state index contributed by atoms with van der Waals surface area (Å²) >= 11 is 7.81. The second-order valence-electron chi connectivity index (χ2n) is 5.72. The molecule has 0 spiro atoms. The Bertz CT molecular complexity index is 701. The monoisotopic (exact) mass is 367 g/mol. The first kappa shape index (κ1) is 17.2. The highest BCUT2D eigenvalue weighted by Crippen LogP contribution is 2.30. The van der Waals surface area contributed by atoms with Crippen LogP contribution in [0, 0.1) is 5.82 Å². The topological polar surface area (TPSA) is 29.5 Å². The second-order valence-corrected chi connectivity index (χ2v) is 7.35. The van der Waals surface area contributed by atoms with Crippen LogP contribution in [0.4, 0.5) is 9.18 Å². The molecule has 1 amide bonds. The predicted octanol–water partition coefficient (Wildman–Crippen LogP) is 4.69. The van der Waals surface area contributed by atoms with Gasteiger partial charge in [0.2, 0.25) is 0 Å². The van der Waals surface area contributed by atoms with E-state index in [1.165, 1.54) is 16.5 Å². The van der Waals surface area contributed by atoms with Crippen LogP contribution in [-0.2, 0) is 24.0 Å². The van der Waals surface area contributed by atoms with E-state index in [1.54, 1.807) is 28.4 Å². The summed E-state index contributed by atoms with van der Waals surface area (Å²) < 4.78 is 19.0. The molecule has 3 rings (SSSR count). The van der Waals surface area contributed by atoms with Crippen molar-refractivity contribution in [2.24, 2.45) is 0 Å². The van der Waals surface area contributed by atoms with Gasteiger partial charge in [-0.3, -0.25) is 0 Å². The van der Waals surface area contributed by atoms with Gasteiger partial charge < -0.3 is 9.64 Å². The molecule has 1 aromatic carbocycles. The van der Waals surface area contributed by atoms with Crippen LogP contribution in [0.5, 0.6) is 0 Å². The van der Waals surface area contributed by atoms with Crippen molar-refractivity contribution in [1.82, 2.24) is 4.90 Å². The highest BCUT2D eigenvalue weighted by molar-refractivity contribution is 7.12. The van der Waals surface area contributed by atoms with Gasteiger partial charge in [-0.05, 0) is 43.5 Å². The fourth-order valence-corrected chi connectivity index (χ4v) is 4.36. The highest BCUT2D eigenvalue weighted by Gasteiger charge is 2.21. The minimum absolute atomic E-state index is 0.244. The lowest BCUT2D eigenvalue weighted by Gasteiger charge is -2.19. The number of nitrogens with zero attached hydrogens (tertiary/aromatic N) is 1. The largest absolute Gasteiger partial charge is 0.450 e. The zero-order chi connectivity index (χ0) is 17.1. The summed E-state index contributed by atoms with van der Waals surface area (Å²) in [5.41, 5.74) is 1.79. The summed E-state index contributed by atoms with van der Waals surface area (Å²) in [6.07, 6.45) is 1.87. The molecule has 0 N–H and O–H groups in total. The first-order chi connectivity index (χ1) is 11.6. The van der Waals surface area contributed by atoms with Crippen LogP contribution in [-0.4, -0.2) is 30.7 Å². The lowest BCUT2D eigenvalue weighted by atomic mass is 10.1. The molecule has 3 nitrogen and oxygen atoms in total. The molecule has 0 saturated carbocycles. The summed E-state index contributed by atoms with van der Waals surface area (Å²) in [6, 6.07) is 6.90. The van der Waals surface area contributed by atoms with E-state index >= 15 is 0 Å². The van der Waals surface area contributed by atoms with Gasteiger partial charge in [-0.2, -0.15) is 0 Å². The van der Waals surface area contributed by atoms with Crippen LogP contribution >= 0.6 is 22.9 Å². The summed E-state index contributed by atoms with van der Waals surface area (Å²) in [5.74, 6) is -0.264. The Kier molecular flexibility index (Phi) is 5.41. The molecule has 0 radical (unpaired) electrons. The van der Waals surface area contributed by atoms with E-state index < -0.39 is 0 Å². The second kappa shape index (κ2) is 7.53. The molecule has 0 saturated heterocycles. The van der Waals surface area contributed by atoms with Crippen LogP contribution in [0.2, 0.25) is 5.02 Å². The molecule has 0 atom stereocenters. The van der Waals surface area contributed by atoms with E-state index in [0.29, 0.717) is 36.7 Å². The van der Waals surface area contributed by atoms with Gasteiger partial charge >= 0.3 is 6.09 Å². The molecule has 6 heteroatoms. The molecule has 24 heavy (non-hydrogen) atoms. The van der Waals surface area contributed by atoms with Crippen molar-refractivity contribution in [3.05, 3.63) is 56.0 Å². The normalized spacial score (nSPS) is 14.2. The number of carbonyl (C=O) groups excluding carboxylic acids is 1. The van der Waals surface area contributed by atoms with Crippen molar-refractivity contribution in [2.75, 3.05) is 19.7 Å². The average Bonchev–Trinajstić information content (AvgIpc) is 2.83. The van der Waals surface area contributed by atoms with E-state index in [2.05, 4.69) is 6.07 Å². The first-order valence-electron chi connectivity index (χ1n) is 8.03. The van der Waals surface area contributed by atoms with E-state index in [0.717, 1.165) is 17.7 Å². The Morgan fingerprint density at radius 1 is 1.38 bits per heavy atom. The minimum Gasteiger partial charge on any atom is -0.450 e. The van der Waals surface area contributed by atoms with Gasteiger partial charge in [-0.25, -0.2) is 9.18 Å². The molecule has 0 aliphatic carbocycles. The lowest BCUT2D eigenvalue weighted by molar-refractivity contribution is 0.109. The third kappa shape index (κ3) is 3.73. The molecule has 128 valence electrons. The van der Waals surface area contributed by atoms with Crippen molar-refractivity contribution < 1.29 is 13.9 Å². The van der Waals surface area contributed by atoms with E-state index in [-0.39, 0.29) is 11.9 Å². The Labute approximate surface area is 150 Å². The summed E-state index contributed by atoms with van der Waals surface area (Å²) in [5, 5.41) is 0.465. The number of carbonyl (C=O) groups is 1. The van der Waals surface area contributed by atoms with Gasteiger partial charge in [0.05, 0.1) is 6.61 Å². The fraction of sp³-hybridized carbons (Fsp3) is 0.389. The van der Waals surface area contributed by atoms with Gasteiger partial charge in [0.1, 0.15) is 5.82 Å². The van der Waals surface area contributed by atoms with Crippen molar-refractivity contribution in [3.63, 3.8) is 0 Å². The number of rotatable bonds is 3. The SMILES string of the molecule is CCOC(=O)N1CCc2cc(Cc3c(F)cccc3Cl)sc2CC1. The van der Waals surface area contributed by atoms with Gasteiger partial charge in [0, 0.05) is 39.9 Å². The van der Waals surface area contributed by atoms with Gasteiger partial charge in [0.15, 0.2) is 0 Å². The van der Waals surface area contributed by atoms with E-state index in [9.17, 15) is 9.18 Å². The third-order valence-electron chi connectivity index (χ3n) is 4.15. The molecule has 1 aliphatic rings. The molecular formula is C18H19ClFNO2S. The molecule has 0 fully saturated rings. The Morgan fingerprint density at radius 2 is 2.17 bits per heavy atom. The molecule has 0 bridgehead atoms. The zero-order valence-electron chi connectivity index (χ0n) is 13.5. The quantitative estimate of drug-likeness (QED) is 0.787. The standard InChI is InChI=1S/C18H19ClFNO2S/c1-2-23-18(22)21-8-6-12-10-13(24-17(12)7-9-21)11-14-15(19)4-3-5-16(14)20/h3-5,10H,2,6-9,11H2,1H3. The predicted molar refractivity (Wildman–Crippen MR) is 94.5 cm³/mol. The Balaban J connectivity index is 1.72. The van der Waals surface area contributed by atoms with Gasteiger partial charge in [-0.15, -0.1) is 11.3 Å². The average molecular weight is 368 g/mol. The molecule has 1 aliphatic heterocycles. The molecule has 2 aromatic rings. The number of ether oxygens (including phenoxy) is 1. The first-order valence-corrected chi connectivity index (χ1v) is 9.23. The van der Waals surface area contributed by atoms with Crippen molar-refractivity contribution in [3.8, 4) is 0 Å². The van der Waals surface area contributed by atoms with Crippen LogP contribution in [0.1, 0.15) is 27.8 Å². The summed E-state index contributed by atoms with van der Waals surface area (Å²) in [7, 11) is 0. The third-order valence-corrected chi connectivity index (χ3v) is 5.74. The van der Waals surface area contributed by atoms with E-state index in [4.69, 9.17) is 16.3 Å². The maximum atomic E-state index is 14.0. The van der Waals surface area contributed by atoms with Crippen LogP contribution in [0.15, 0.2) is 24.3 Å². The van der Waals surface area contributed by atoms with Crippen molar-refractivity contribution >= 4 is 29.0 Å². The molecular weight excluding hydrogens is 349 g/mol. The molecule has 2 heterocycles. The number of halogens is 2. The number of benzene rings is 1. The smallest absolute Gasteiger partial charge is 0.409 e. The maximum absolute atomic E-state index is 14.0. The summed E-state index contributed by atoms with van der Waals surface area (Å²) in [4.78, 5) is 16.0. The van der Waals surface area contributed by atoms with Crippen LogP contribution in [0.25, 0.3) is 0 Å². The number of fused-ring (bicyclic) bond motifs is 1. The Morgan fingerprint density at radius 3 is 2.92 bits per heavy atom. The fourth-order valence-electron chi connectivity index (χ4n) is 2.91. The summed E-state index contributed by atoms with van der Waals surface area (Å²) in [6.45, 7) is 3.52. The highest BCUT2D eigenvalue weighted by atomic mass is 35.5. The molecule has 0 unspecified atom stereocenters. The molecule has 1 aromatic heterocycles. The van der Waals surface area contributed by atoms with E-state index in [1.807, 2.05) is 6.92 Å². The number of thiophene rings is 1. The Hall–Kier alpha value is -1.59. The number of hydrogen-bond acceptors (Lipinski definition) is 3. The lowest BCUT2D eigenvalue weighted by Crippen LogP contribution is -2.33. The van der Waals surface area contributed by atoms with Gasteiger partial charge in [-0.1, -0.05) is 17.7 Å². The van der Waals surface area contributed by atoms with Crippen LogP contribution in [0.3, 0.4) is 0 Å².